The number of carbonyl (C=O) groups is 3. The third kappa shape index (κ3) is 4.30. The monoisotopic (exact) mass is 492 g/mol. The number of nitrogens with one attached hydrogen (secondary N) is 1. The Hall–Kier alpha value is -2.85. The average Bonchev–Trinajstić information content (AvgIpc) is 3.57. The third-order valence-corrected chi connectivity index (χ3v) is 8.12. The minimum atomic E-state index is -1.15. The highest BCUT2D eigenvalue weighted by Gasteiger charge is 2.68. The lowest BCUT2D eigenvalue weighted by Crippen LogP contribution is -2.56. The summed E-state index contributed by atoms with van der Waals surface area (Å²) in [6, 6.07) is 5.67. The van der Waals surface area contributed by atoms with E-state index in [0.717, 1.165) is 61.6 Å². The maximum Gasteiger partial charge on any atom is 0.325 e. The number of imide groups is 1. The topological polar surface area (TPSA) is 84.9 Å². The SMILES string of the molecule is COC1CCC2(CC1)Cc1ccc(C#CC3CC3)cc1C21NC(=O)N(CCC(=O)OC(C)(C)C)C1=O. The van der Waals surface area contributed by atoms with Crippen LogP contribution in [0.4, 0.5) is 4.79 Å². The van der Waals surface area contributed by atoms with E-state index in [2.05, 4.69) is 23.2 Å². The molecule has 4 aliphatic rings. The molecule has 7 heteroatoms. The molecule has 36 heavy (non-hydrogen) atoms. The number of fused-ring (bicyclic) bond motifs is 3. The van der Waals surface area contributed by atoms with Crippen LogP contribution < -0.4 is 5.32 Å². The van der Waals surface area contributed by atoms with Crippen LogP contribution in [-0.4, -0.2) is 48.2 Å². The van der Waals surface area contributed by atoms with Crippen LogP contribution in [0.1, 0.15) is 82.4 Å². The Morgan fingerprint density at radius 2 is 1.89 bits per heavy atom. The highest BCUT2D eigenvalue weighted by Crippen LogP contribution is 2.60. The number of carbonyl (C=O) groups excluding carboxylic acids is 3. The lowest BCUT2D eigenvalue weighted by Gasteiger charge is -2.46. The van der Waals surface area contributed by atoms with Crippen molar-refractivity contribution in [3.8, 4) is 11.8 Å². The van der Waals surface area contributed by atoms with Gasteiger partial charge in [-0.2, -0.15) is 0 Å². The molecule has 3 amide bonds. The minimum Gasteiger partial charge on any atom is -0.460 e. The van der Waals surface area contributed by atoms with Gasteiger partial charge in [-0.3, -0.25) is 14.5 Å². The Balaban J connectivity index is 1.49. The van der Waals surface area contributed by atoms with E-state index in [4.69, 9.17) is 9.47 Å². The van der Waals surface area contributed by atoms with E-state index in [1.54, 1.807) is 27.9 Å². The Kier molecular flexibility index (Phi) is 6.15. The fraction of sp³-hybridized carbons (Fsp3) is 0.621. The van der Waals surface area contributed by atoms with Crippen molar-refractivity contribution in [2.75, 3.05) is 13.7 Å². The fourth-order valence-corrected chi connectivity index (χ4v) is 6.20. The highest BCUT2D eigenvalue weighted by molar-refractivity contribution is 6.09. The van der Waals surface area contributed by atoms with Gasteiger partial charge in [-0.25, -0.2) is 4.79 Å². The van der Waals surface area contributed by atoms with Gasteiger partial charge >= 0.3 is 12.0 Å². The number of hydrogen-bond donors (Lipinski definition) is 1. The molecule has 1 saturated heterocycles. The third-order valence-electron chi connectivity index (χ3n) is 8.12. The van der Waals surface area contributed by atoms with Gasteiger partial charge < -0.3 is 14.8 Å². The van der Waals surface area contributed by atoms with E-state index in [1.807, 2.05) is 12.1 Å². The van der Waals surface area contributed by atoms with Crippen LogP contribution in [0.5, 0.6) is 0 Å². The van der Waals surface area contributed by atoms with Gasteiger partial charge in [0.2, 0.25) is 0 Å². The van der Waals surface area contributed by atoms with Gasteiger partial charge in [0.15, 0.2) is 5.54 Å². The quantitative estimate of drug-likeness (QED) is 0.389. The molecular weight excluding hydrogens is 456 g/mol. The zero-order valence-corrected chi connectivity index (χ0v) is 21.7. The second-order valence-electron chi connectivity index (χ2n) is 11.8. The van der Waals surface area contributed by atoms with Gasteiger partial charge in [0, 0.05) is 30.6 Å². The van der Waals surface area contributed by atoms with Crippen molar-refractivity contribution in [2.24, 2.45) is 11.3 Å². The number of rotatable bonds is 4. The molecule has 1 N–H and O–H groups in total. The number of urea groups is 1. The number of nitrogens with zero attached hydrogens (tertiary/aromatic N) is 1. The van der Waals surface area contributed by atoms with Crippen molar-refractivity contribution in [2.45, 2.75) is 89.4 Å². The fourth-order valence-electron chi connectivity index (χ4n) is 6.20. The van der Waals surface area contributed by atoms with Crippen LogP contribution in [-0.2, 0) is 31.0 Å². The van der Waals surface area contributed by atoms with Crippen molar-refractivity contribution < 1.29 is 23.9 Å². The molecule has 0 bridgehead atoms. The smallest absolute Gasteiger partial charge is 0.325 e. The van der Waals surface area contributed by atoms with Crippen LogP contribution in [0, 0.1) is 23.2 Å². The van der Waals surface area contributed by atoms with Crippen LogP contribution >= 0.6 is 0 Å². The Morgan fingerprint density at radius 1 is 1.17 bits per heavy atom. The Morgan fingerprint density at radius 3 is 2.53 bits per heavy atom. The number of benzene rings is 1. The summed E-state index contributed by atoms with van der Waals surface area (Å²) >= 11 is 0. The molecule has 7 nitrogen and oxygen atoms in total. The summed E-state index contributed by atoms with van der Waals surface area (Å²) in [5.41, 5.74) is 0.618. The van der Waals surface area contributed by atoms with Crippen molar-refractivity contribution >= 4 is 17.9 Å². The molecule has 3 fully saturated rings. The maximum atomic E-state index is 14.2. The highest BCUT2D eigenvalue weighted by atomic mass is 16.6. The van der Waals surface area contributed by atoms with Gasteiger partial charge in [-0.05, 0) is 89.0 Å². The van der Waals surface area contributed by atoms with Crippen LogP contribution in [0.15, 0.2) is 18.2 Å². The zero-order chi connectivity index (χ0) is 25.7. The number of hydrogen-bond acceptors (Lipinski definition) is 5. The van der Waals surface area contributed by atoms with E-state index in [1.165, 1.54) is 4.90 Å². The molecule has 1 aromatic rings. The van der Waals surface area contributed by atoms with Crippen molar-refractivity contribution in [3.05, 3.63) is 34.9 Å². The summed E-state index contributed by atoms with van der Waals surface area (Å²) in [6.45, 7) is 5.39. The molecular formula is C29H36N2O5. The maximum absolute atomic E-state index is 14.2. The molecule has 1 aliphatic heterocycles. The van der Waals surface area contributed by atoms with Gasteiger partial charge in [0.1, 0.15) is 5.60 Å². The number of amides is 3. The summed E-state index contributed by atoms with van der Waals surface area (Å²) < 4.78 is 11.0. The Labute approximate surface area is 213 Å². The van der Waals surface area contributed by atoms with Gasteiger partial charge in [-0.15, -0.1) is 0 Å². The summed E-state index contributed by atoms with van der Waals surface area (Å²) in [5.74, 6) is 6.37. The van der Waals surface area contributed by atoms with Crippen LogP contribution in [0.2, 0.25) is 0 Å². The van der Waals surface area contributed by atoms with Crippen molar-refractivity contribution in [1.82, 2.24) is 10.2 Å². The first-order valence-electron chi connectivity index (χ1n) is 13.1. The number of methoxy groups -OCH3 is 1. The molecule has 2 saturated carbocycles. The summed E-state index contributed by atoms with van der Waals surface area (Å²) in [7, 11) is 1.73. The summed E-state index contributed by atoms with van der Waals surface area (Å²) in [5, 5.41) is 3.15. The predicted octanol–water partition coefficient (Wildman–Crippen LogP) is 4.06. The lowest BCUT2D eigenvalue weighted by molar-refractivity contribution is -0.155. The van der Waals surface area contributed by atoms with E-state index in [-0.39, 0.29) is 25.0 Å². The van der Waals surface area contributed by atoms with Gasteiger partial charge in [0.25, 0.3) is 5.91 Å². The van der Waals surface area contributed by atoms with E-state index < -0.39 is 28.6 Å². The zero-order valence-electron chi connectivity index (χ0n) is 21.7. The normalized spacial score (nSPS) is 29.2. The largest absolute Gasteiger partial charge is 0.460 e. The molecule has 5 rings (SSSR count). The second-order valence-corrected chi connectivity index (χ2v) is 11.8. The molecule has 192 valence electrons. The Bertz CT molecular complexity index is 1140. The molecule has 1 aromatic carbocycles. The average molecular weight is 493 g/mol. The van der Waals surface area contributed by atoms with Crippen LogP contribution in [0.25, 0.3) is 0 Å². The molecule has 0 aromatic heterocycles. The standard InChI is InChI=1S/C29H36N2O5/c1-27(2,3)36-24(32)13-16-31-25(33)29(30-26(31)34)23-17-20(8-7-19-5-6-19)9-10-21(23)18-28(29)14-11-22(35-4)12-15-28/h9-10,17,19,22H,5-6,11-16,18H2,1-4H3,(H,30,34). The molecule has 2 spiro atoms. The van der Waals surface area contributed by atoms with E-state index in [0.29, 0.717) is 5.92 Å². The van der Waals surface area contributed by atoms with Gasteiger partial charge in [0.05, 0.1) is 12.5 Å². The lowest BCUT2D eigenvalue weighted by atomic mass is 9.61. The molecule has 0 radical (unpaired) electrons. The van der Waals surface area contributed by atoms with E-state index >= 15 is 0 Å². The summed E-state index contributed by atoms with van der Waals surface area (Å²) in [6.07, 6.45) is 6.35. The number of ether oxygens (including phenoxy) is 2. The molecule has 3 aliphatic carbocycles. The predicted molar refractivity (Wildman–Crippen MR) is 134 cm³/mol. The molecule has 1 heterocycles. The minimum absolute atomic E-state index is 0.00534. The second kappa shape index (κ2) is 8.92. The van der Waals surface area contributed by atoms with E-state index in [9.17, 15) is 14.4 Å². The first kappa shape index (κ1) is 24.8. The number of esters is 1. The summed E-state index contributed by atoms with van der Waals surface area (Å²) in [4.78, 5) is 41.1. The first-order valence-corrected chi connectivity index (χ1v) is 13.1. The molecule has 1 unspecified atom stereocenters. The van der Waals surface area contributed by atoms with Crippen molar-refractivity contribution in [1.29, 1.82) is 0 Å². The first-order chi connectivity index (χ1) is 17.1. The van der Waals surface area contributed by atoms with Crippen molar-refractivity contribution in [3.63, 3.8) is 0 Å². The van der Waals surface area contributed by atoms with Gasteiger partial charge in [-0.1, -0.05) is 17.9 Å². The molecule has 1 atom stereocenters. The van der Waals surface area contributed by atoms with Crippen LogP contribution in [0.3, 0.4) is 0 Å².